The minimum Gasteiger partial charge on any atom is -0.357 e. The third-order valence-corrected chi connectivity index (χ3v) is 4.10. The molecule has 4 nitrogen and oxygen atoms in total. The highest BCUT2D eigenvalue weighted by Gasteiger charge is 2.27. The van der Waals surface area contributed by atoms with Crippen molar-refractivity contribution in [2.75, 3.05) is 7.05 Å². The number of nitrogens with one attached hydrogen (secondary N) is 1. The first-order chi connectivity index (χ1) is 12.0. The molecule has 0 bridgehead atoms. The summed E-state index contributed by atoms with van der Waals surface area (Å²) in [5, 5.41) is 2.63. The van der Waals surface area contributed by atoms with Crippen LogP contribution in [-0.2, 0) is 22.6 Å². The number of benzene rings is 2. The van der Waals surface area contributed by atoms with Gasteiger partial charge in [-0.05, 0) is 29.7 Å². The number of nitrogens with zero attached hydrogens (tertiary/aromatic N) is 1. The molecule has 2 amide bonds. The van der Waals surface area contributed by atoms with Gasteiger partial charge in [-0.2, -0.15) is 0 Å². The summed E-state index contributed by atoms with van der Waals surface area (Å²) < 4.78 is 13.1. The molecule has 0 aliphatic heterocycles. The number of carbonyl (C=O) groups excluding carboxylic acids is 2. The van der Waals surface area contributed by atoms with Gasteiger partial charge in [-0.25, -0.2) is 4.39 Å². The number of hydrogen-bond acceptors (Lipinski definition) is 2. The third kappa shape index (κ3) is 5.14. The van der Waals surface area contributed by atoms with E-state index in [0.717, 1.165) is 11.1 Å². The standard InChI is InChI=1S/C20H23FN2O2/c1-3-18(20(25)22-2)23(14-16-7-5-4-6-8-16)19(24)13-15-9-11-17(21)12-10-15/h4-12,18H,3,13-14H2,1-2H3,(H,22,25)/t18-/m1/s1. The van der Waals surface area contributed by atoms with Crippen LogP contribution < -0.4 is 5.32 Å². The van der Waals surface area contributed by atoms with Gasteiger partial charge in [0.05, 0.1) is 6.42 Å². The van der Waals surface area contributed by atoms with Crippen molar-refractivity contribution in [1.82, 2.24) is 10.2 Å². The van der Waals surface area contributed by atoms with E-state index >= 15 is 0 Å². The van der Waals surface area contributed by atoms with Gasteiger partial charge in [-0.3, -0.25) is 9.59 Å². The van der Waals surface area contributed by atoms with Gasteiger partial charge >= 0.3 is 0 Å². The molecule has 0 aliphatic rings. The lowest BCUT2D eigenvalue weighted by molar-refractivity contribution is -0.140. The van der Waals surface area contributed by atoms with Crippen LogP contribution in [0.2, 0.25) is 0 Å². The van der Waals surface area contributed by atoms with Crippen LogP contribution in [0.1, 0.15) is 24.5 Å². The van der Waals surface area contributed by atoms with Crippen LogP contribution in [0.15, 0.2) is 54.6 Å². The molecule has 132 valence electrons. The SMILES string of the molecule is CC[C@H](C(=O)NC)N(Cc1ccccc1)C(=O)Cc1ccc(F)cc1. The van der Waals surface area contributed by atoms with E-state index in [-0.39, 0.29) is 24.1 Å². The molecule has 5 heteroatoms. The molecule has 2 aromatic rings. The van der Waals surface area contributed by atoms with Crippen LogP contribution in [0, 0.1) is 5.82 Å². The molecule has 0 aromatic heterocycles. The van der Waals surface area contributed by atoms with Crippen molar-refractivity contribution in [3.8, 4) is 0 Å². The molecule has 25 heavy (non-hydrogen) atoms. The van der Waals surface area contributed by atoms with E-state index in [9.17, 15) is 14.0 Å². The van der Waals surface area contributed by atoms with E-state index in [1.54, 1.807) is 24.1 Å². The second-order valence-corrected chi connectivity index (χ2v) is 5.85. The Morgan fingerprint density at radius 3 is 2.24 bits per heavy atom. The van der Waals surface area contributed by atoms with Gasteiger partial charge in [-0.15, -0.1) is 0 Å². The predicted octanol–water partition coefficient (Wildman–Crippen LogP) is 2.92. The number of hydrogen-bond donors (Lipinski definition) is 1. The number of likely N-dealkylation sites (N-methyl/N-ethyl adjacent to an activating group) is 1. The summed E-state index contributed by atoms with van der Waals surface area (Å²) in [7, 11) is 1.57. The van der Waals surface area contributed by atoms with Gasteiger partial charge in [0.1, 0.15) is 11.9 Å². The first-order valence-corrected chi connectivity index (χ1v) is 8.34. The molecule has 0 saturated carbocycles. The number of carbonyl (C=O) groups is 2. The lowest BCUT2D eigenvalue weighted by atomic mass is 10.1. The molecule has 0 heterocycles. The molecule has 0 aliphatic carbocycles. The van der Waals surface area contributed by atoms with E-state index in [1.807, 2.05) is 37.3 Å². The molecule has 1 atom stereocenters. The maximum absolute atomic E-state index is 13.1. The largest absolute Gasteiger partial charge is 0.357 e. The summed E-state index contributed by atoms with van der Waals surface area (Å²) in [4.78, 5) is 26.7. The van der Waals surface area contributed by atoms with E-state index in [1.165, 1.54) is 12.1 Å². The first kappa shape index (κ1) is 18.6. The molecule has 2 aromatic carbocycles. The third-order valence-electron chi connectivity index (χ3n) is 4.10. The molecule has 0 unspecified atom stereocenters. The van der Waals surface area contributed by atoms with Crippen LogP contribution >= 0.6 is 0 Å². The normalized spacial score (nSPS) is 11.6. The summed E-state index contributed by atoms with van der Waals surface area (Å²) in [5.74, 6) is -0.689. The minimum absolute atomic E-state index is 0.126. The van der Waals surface area contributed by atoms with Crippen molar-refractivity contribution in [1.29, 1.82) is 0 Å². The predicted molar refractivity (Wildman–Crippen MR) is 95.2 cm³/mol. The molecule has 0 saturated heterocycles. The summed E-state index contributed by atoms with van der Waals surface area (Å²) in [6.45, 7) is 2.23. The van der Waals surface area contributed by atoms with Crippen LogP contribution in [-0.4, -0.2) is 29.8 Å². The first-order valence-electron chi connectivity index (χ1n) is 8.34. The summed E-state index contributed by atoms with van der Waals surface area (Å²) in [6.07, 6.45) is 0.641. The Hall–Kier alpha value is -2.69. The van der Waals surface area contributed by atoms with E-state index in [4.69, 9.17) is 0 Å². The summed E-state index contributed by atoms with van der Waals surface area (Å²) in [6, 6.07) is 14.9. The minimum atomic E-state index is -0.543. The maximum atomic E-state index is 13.1. The second kappa shape index (κ2) is 8.97. The van der Waals surface area contributed by atoms with E-state index < -0.39 is 6.04 Å². The fourth-order valence-corrected chi connectivity index (χ4v) is 2.74. The molecule has 0 radical (unpaired) electrons. The monoisotopic (exact) mass is 342 g/mol. The van der Waals surface area contributed by atoms with Crippen LogP contribution in [0.5, 0.6) is 0 Å². The van der Waals surface area contributed by atoms with Crippen molar-refractivity contribution in [2.45, 2.75) is 32.4 Å². The molecule has 0 fully saturated rings. The fraction of sp³-hybridized carbons (Fsp3) is 0.300. The Kier molecular flexibility index (Phi) is 6.69. The zero-order valence-electron chi connectivity index (χ0n) is 14.5. The summed E-state index contributed by atoms with van der Waals surface area (Å²) in [5.41, 5.74) is 1.67. The van der Waals surface area contributed by atoms with Crippen molar-refractivity contribution in [2.24, 2.45) is 0 Å². The van der Waals surface area contributed by atoms with Gasteiger partial charge in [0.2, 0.25) is 11.8 Å². The molecule has 2 rings (SSSR count). The zero-order valence-corrected chi connectivity index (χ0v) is 14.5. The maximum Gasteiger partial charge on any atom is 0.242 e. The highest BCUT2D eigenvalue weighted by Crippen LogP contribution is 2.15. The van der Waals surface area contributed by atoms with Gasteiger partial charge in [0.15, 0.2) is 0 Å². The molecule has 1 N–H and O–H groups in total. The van der Waals surface area contributed by atoms with Crippen LogP contribution in [0.4, 0.5) is 4.39 Å². The highest BCUT2D eigenvalue weighted by atomic mass is 19.1. The Balaban J connectivity index is 2.23. The quantitative estimate of drug-likeness (QED) is 0.841. The van der Waals surface area contributed by atoms with Gasteiger partial charge < -0.3 is 10.2 Å². The lowest BCUT2D eigenvalue weighted by Crippen LogP contribution is -2.48. The average Bonchev–Trinajstić information content (AvgIpc) is 2.64. The number of rotatable bonds is 7. The topological polar surface area (TPSA) is 49.4 Å². The molecular formula is C20H23FN2O2. The number of halogens is 1. The van der Waals surface area contributed by atoms with Crippen LogP contribution in [0.3, 0.4) is 0 Å². The van der Waals surface area contributed by atoms with E-state index in [0.29, 0.717) is 13.0 Å². The number of amides is 2. The lowest BCUT2D eigenvalue weighted by Gasteiger charge is -2.30. The van der Waals surface area contributed by atoms with Crippen molar-refractivity contribution in [3.05, 3.63) is 71.5 Å². The Labute approximate surface area is 147 Å². The Morgan fingerprint density at radius 1 is 1.04 bits per heavy atom. The van der Waals surface area contributed by atoms with Crippen molar-refractivity contribution < 1.29 is 14.0 Å². The van der Waals surface area contributed by atoms with Crippen LogP contribution in [0.25, 0.3) is 0 Å². The van der Waals surface area contributed by atoms with E-state index in [2.05, 4.69) is 5.32 Å². The smallest absolute Gasteiger partial charge is 0.242 e. The van der Waals surface area contributed by atoms with Crippen molar-refractivity contribution >= 4 is 11.8 Å². The molecular weight excluding hydrogens is 319 g/mol. The zero-order chi connectivity index (χ0) is 18.2. The van der Waals surface area contributed by atoms with Gasteiger partial charge in [0, 0.05) is 13.6 Å². The Bertz CT molecular complexity index is 701. The fourth-order valence-electron chi connectivity index (χ4n) is 2.74. The average molecular weight is 342 g/mol. The highest BCUT2D eigenvalue weighted by molar-refractivity contribution is 5.88. The van der Waals surface area contributed by atoms with Crippen molar-refractivity contribution in [3.63, 3.8) is 0 Å². The van der Waals surface area contributed by atoms with Gasteiger partial charge in [-0.1, -0.05) is 49.4 Å². The Morgan fingerprint density at radius 2 is 1.68 bits per heavy atom. The summed E-state index contributed by atoms with van der Waals surface area (Å²) >= 11 is 0. The second-order valence-electron chi connectivity index (χ2n) is 5.85. The molecule has 0 spiro atoms. The van der Waals surface area contributed by atoms with Gasteiger partial charge in [0.25, 0.3) is 0 Å².